The zero-order valence-electron chi connectivity index (χ0n) is 15.4. The van der Waals surface area contributed by atoms with Crippen LogP contribution in [0.2, 0.25) is 19.6 Å². The summed E-state index contributed by atoms with van der Waals surface area (Å²) in [5.41, 5.74) is 3.64. The first kappa shape index (κ1) is 17.8. The zero-order valence-corrected chi connectivity index (χ0v) is 16.4. The van der Waals surface area contributed by atoms with Gasteiger partial charge >= 0.3 is 0 Å². The summed E-state index contributed by atoms with van der Waals surface area (Å²) in [4.78, 5) is 0. The van der Waals surface area contributed by atoms with Crippen LogP contribution in [0.1, 0.15) is 5.56 Å². The van der Waals surface area contributed by atoms with E-state index in [2.05, 4.69) is 42.6 Å². The molecule has 0 saturated heterocycles. The van der Waals surface area contributed by atoms with Crippen molar-refractivity contribution in [3.63, 3.8) is 0 Å². The second-order valence-corrected chi connectivity index (χ2v) is 12.2. The highest BCUT2D eigenvalue weighted by Crippen LogP contribution is 2.33. The van der Waals surface area contributed by atoms with Gasteiger partial charge in [0, 0.05) is 10.7 Å². The maximum Gasteiger partial charge on any atom is 0.188 e. The van der Waals surface area contributed by atoms with Gasteiger partial charge in [0.15, 0.2) is 6.19 Å². The average molecular weight is 359 g/mol. The molecule has 0 atom stereocenters. The molecule has 26 heavy (non-hydrogen) atoms. The molecule has 0 saturated carbocycles. The zero-order chi connectivity index (χ0) is 18.7. The van der Waals surface area contributed by atoms with Crippen LogP contribution in [0.15, 0.2) is 71.4 Å². The SMILES string of the molecule is C=CCc1c([Si](C)(C)C)n(C#N)c2cccc(N=Nc3ccccc3)c12. The van der Waals surface area contributed by atoms with Gasteiger partial charge in [-0.3, -0.25) is 4.57 Å². The number of allylic oxidation sites excluding steroid dienone is 1. The van der Waals surface area contributed by atoms with Gasteiger partial charge in [-0.25, -0.2) is 0 Å². The lowest BCUT2D eigenvalue weighted by molar-refractivity contribution is 1.16. The Bertz CT molecular complexity index is 1020. The van der Waals surface area contributed by atoms with Crippen LogP contribution in [0.4, 0.5) is 11.4 Å². The van der Waals surface area contributed by atoms with E-state index in [1.165, 1.54) is 0 Å². The van der Waals surface area contributed by atoms with E-state index >= 15 is 0 Å². The van der Waals surface area contributed by atoms with Crippen LogP contribution in [-0.4, -0.2) is 12.6 Å². The number of hydrogen-bond acceptors (Lipinski definition) is 3. The topological polar surface area (TPSA) is 53.4 Å². The summed E-state index contributed by atoms with van der Waals surface area (Å²) in [5, 5.41) is 20.8. The Kier molecular flexibility index (Phi) is 4.87. The van der Waals surface area contributed by atoms with Crippen molar-refractivity contribution < 1.29 is 0 Å². The Morgan fingerprint density at radius 1 is 1.08 bits per heavy atom. The standard InChI is InChI=1S/C21H22N4Si/c1-5-10-17-20-18(24-23-16-11-7-6-8-12-16)13-9-14-19(20)25(15-22)21(17)26(2,3)4/h5-9,11-14H,1,10H2,2-4H3. The van der Waals surface area contributed by atoms with Crippen LogP contribution in [0.3, 0.4) is 0 Å². The highest BCUT2D eigenvalue weighted by Gasteiger charge is 2.29. The lowest BCUT2D eigenvalue weighted by Crippen LogP contribution is -2.44. The minimum atomic E-state index is -1.75. The van der Waals surface area contributed by atoms with Crippen LogP contribution in [-0.2, 0) is 6.42 Å². The van der Waals surface area contributed by atoms with E-state index in [1.54, 1.807) is 4.57 Å². The molecule has 130 valence electrons. The molecule has 4 nitrogen and oxygen atoms in total. The average Bonchev–Trinajstić information content (AvgIpc) is 2.95. The molecule has 0 bridgehead atoms. The van der Waals surface area contributed by atoms with Gasteiger partial charge in [-0.2, -0.15) is 10.4 Å². The molecule has 0 radical (unpaired) electrons. The Morgan fingerprint density at radius 3 is 2.42 bits per heavy atom. The Labute approximate surface area is 155 Å². The normalized spacial score (nSPS) is 11.8. The molecule has 0 fully saturated rings. The molecule has 0 aliphatic heterocycles. The van der Waals surface area contributed by atoms with Crippen molar-refractivity contribution >= 4 is 35.7 Å². The predicted molar refractivity (Wildman–Crippen MR) is 110 cm³/mol. The van der Waals surface area contributed by atoms with Crippen molar-refractivity contribution in [1.29, 1.82) is 5.26 Å². The summed E-state index contributed by atoms with van der Waals surface area (Å²) < 4.78 is 1.78. The fraction of sp³-hybridized carbons (Fsp3) is 0.190. The van der Waals surface area contributed by atoms with Crippen LogP contribution in [0.25, 0.3) is 10.9 Å². The smallest absolute Gasteiger partial charge is 0.188 e. The maximum atomic E-state index is 9.82. The van der Waals surface area contributed by atoms with Gasteiger partial charge in [-0.15, -0.1) is 11.7 Å². The van der Waals surface area contributed by atoms with Gasteiger partial charge in [-0.1, -0.05) is 50.0 Å². The van der Waals surface area contributed by atoms with E-state index in [1.807, 2.05) is 54.6 Å². The van der Waals surface area contributed by atoms with Crippen LogP contribution >= 0.6 is 0 Å². The minimum Gasteiger partial charge on any atom is -0.255 e. The lowest BCUT2D eigenvalue weighted by atomic mass is 10.1. The van der Waals surface area contributed by atoms with Crippen molar-refractivity contribution in [2.75, 3.05) is 0 Å². The summed E-state index contributed by atoms with van der Waals surface area (Å²) >= 11 is 0. The van der Waals surface area contributed by atoms with Crippen molar-refractivity contribution in [3.05, 3.63) is 66.7 Å². The van der Waals surface area contributed by atoms with Crippen LogP contribution in [0.5, 0.6) is 0 Å². The molecule has 1 heterocycles. The molecule has 0 spiro atoms. The van der Waals surface area contributed by atoms with E-state index in [0.717, 1.165) is 33.2 Å². The second kappa shape index (κ2) is 7.10. The molecule has 0 aliphatic rings. The van der Waals surface area contributed by atoms with Gasteiger partial charge in [-0.05, 0) is 36.2 Å². The predicted octanol–water partition coefficient (Wildman–Crippen LogP) is 5.66. The highest BCUT2D eigenvalue weighted by atomic mass is 28.3. The Morgan fingerprint density at radius 2 is 1.81 bits per heavy atom. The van der Waals surface area contributed by atoms with E-state index in [9.17, 15) is 5.26 Å². The molecule has 0 N–H and O–H groups in total. The number of azo groups is 1. The third-order valence-electron chi connectivity index (χ3n) is 4.26. The number of rotatable bonds is 5. The maximum absolute atomic E-state index is 9.82. The minimum absolute atomic E-state index is 0.711. The first-order valence-electron chi connectivity index (χ1n) is 8.62. The number of fused-ring (bicyclic) bond motifs is 1. The van der Waals surface area contributed by atoms with E-state index < -0.39 is 8.07 Å². The fourth-order valence-electron chi connectivity index (χ4n) is 3.32. The molecular formula is C21H22N4Si. The molecule has 2 aromatic carbocycles. The van der Waals surface area contributed by atoms with Crippen molar-refractivity contribution in [2.45, 2.75) is 26.1 Å². The number of nitriles is 1. The van der Waals surface area contributed by atoms with Gasteiger partial charge in [0.25, 0.3) is 0 Å². The van der Waals surface area contributed by atoms with Gasteiger partial charge in [0.1, 0.15) is 8.07 Å². The summed E-state index contributed by atoms with van der Waals surface area (Å²) in [6, 6.07) is 15.5. The quantitative estimate of drug-likeness (QED) is 0.330. The molecule has 3 aromatic rings. The second-order valence-electron chi connectivity index (χ2n) is 7.21. The summed E-state index contributed by atoms with van der Waals surface area (Å²) in [5.74, 6) is 0. The number of hydrogen-bond donors (Lipinski definition) is 0. The molecular weight excluding hydrogens is 336 g/mol. The summed E-state index contributed by atoms with van der Waals surface area (Å²) in [7, 11) is -1.75. The van der Waals surface area contributed by atoms with E-state index in [4.69, 9.17) is 0 Å². The molecule has 5 heteroatoms. The molecule has 0 aliphatic carbocycles. The fourth-order valence-corrected chi connectivity index (χ4v) is 5.30. The molecule has 3 rings (SSSR count). The third kappa shape index (κ3) is 3.24. The van der Waals surface area contributed by atoms with Crippen molar-refractivity contribution in [2.24, 2.45) is 10.2 Å². The number of nitrogens with zero attached hydrogens (tertiary/aromatic N) is 4. The van der Waals surface area contributed by atoms with Gasteiger partial charge in [0.05, 0.1) is 16.9 Å². The first-order chi connectivity index (χ1) is 12.5. The lowest BCUT2D eigenvalue weighted by Gasteiger charge is -2.18. The summed E-state index contributed by atoms with van der Waals surface area (Å²) in [6.45, 7) is 10.7. The molecule has 0 amide bonds. The third-order valence-corrected chi connectivity index (χ3v) is 6.21. The number of aromatic nitrogens is 1. The van der Waals surface area contributed by atoms with Crippen molar-refractivity contribution in [1.82, 2.24) is 4.57 Å². The largest absolute Gasteiger partial charge is 0.255 e. The Hall–Kier alpha value is -2.97. The first-order valence-corrected chi connectivity index (χ1v) is 12.1. The monoisotopic (exact) mass is 358 g/mol. The van der Waals surface area contributed by atoms with Gasteiger partial charge < -0.3 is 0 Å². The Balaban J connectivity index is 2.29. The van der Waals surface area contributed by atoms with Crippen LogP contribution in [0, 0.1) is 11.5 Å². The number of benzene rings is 2. The summed E-state index contributed by atoms with van der Waals surface area (Å²) in [6.07, 6.45) is 4.97. The molecule has 1 aromatic heterocycles. The van der Waals surface area contributed by atoms with Crippen molar-refractivity contribution in [3.8, 4) is 6.19 Å². The van der Waals surface area contributed by atoms with E-state index in [-0.39, 0.29) is 0 Å². The van der Waals surface area contributed by atoms with E-state index in [0.29, 0.717) is 6.42 Å². The molecule has 0 unspecified atom stereocenters. The van der Waals surface area contributed by atoms with Gasteiger partial charge in [0.2, 0.25) is 0 Å². The highest BCUT2D eigenvalue weighted by molar-refractivity contribution is 6.88. The van der Waals surface area contributed by atoms with Crippen LogP contribution < -0.4 is 5.32 Å².